The van der Waals surface area contributed by atoms with Crippen LogP contribution in [0.25, 0.3) is 0 Å². The zero-order chi connectivity index (χ0) is 15.1. The van der Waals surface area contributed by atoms with Crippen molar-refractivity contribution in [2.45, 2.75) is 25.4 Å². The Labute approximate surface area is 125 Å². The SMILES string of the molecule is CN(CC1CCCO1)C(=O)c1ccccc1C#CCCO. The number of benzene rings is 1. The fraction of sp³-hybridized carbons (Fsp3) is 0.471. The van der Waals surface area contributed by atoms with Crippen LogP contribution < -0.4 is 0 Å². The summed E-state index contributed by atoms with van der Waals surface area (Å²) in [6.45, 7) is 1.43. The highest BCUT2D eigenvalue weighted by molar-refractivity contribution is 5.96. The topological polar surface area (TPSA) is 49.8 Å². The molecule has 21 heavy (non-hydrogen) atoms. The van der Waals surface area contributed by atoms with Gasteiger partial charge in [-0.15, -0.1) is 0 Å². The molecule has 0 aromatic heterocycles. The molecule has 4 heteroatoms. The van der Waals surface area contributed by atoms with Gasteiger partial charge in [-0.05, 0) is 25.0 Å². The molecule has 0 spiro atoms. The second-order valence-corrected chi connectivity index (χ2v) is 5.14. The van der Waals surface area contributed by atoms with E-state index in [1.165, 1.54) is 0 Å². The van der Waals surface area contributed by atoms with Crippen LogP contribution in [0.15, 0.2) is 24.3 Å². The number of ether oxygens (including phenoxy) is 1. The first-order valence-corrected chi connectivity index (χ1v) is 7.28. The van der Waals surface area contributed by atoms with Crippen molar-refractivity contribution < 1.29 is 14.6 Å². The quantitative estimate of drug-likeness (QED) is 0.857. The van der Waals surface area contributed by atoms with Gasteiger partial charge in [-0.3, -0.25) is 4.79 Å². The van der Waals surface area contributed by atoms with Gasteiger partial charge in [0.15, 0.2) is 0 Å². The van der Waals surface area contributed by atoms with Gasteiger partial charge in [0.2, 0.25) is 0 Å². The van der Waals surface area contributed by atoms with Gasteiger partial charge >= 0.3 is 0 Å². The standard InChI is InChI=1S/C17H21NO3/c1-18(13-15-9-6-12-21-15)17(20)16-10-3-2-7-14(16)8-4-5-11-19/h2-3,7,10,15,19H,5-6,9,11-13H2,1H3. The molecule has 1 aliphatic heterocycles. The first-order valence-electron chi connectivity index (χ1n) is 7.28. The average molecular weight is 287 g/mol. The van der Waals surface area contributed by atoms with E-state index in [2.05, 4.69) is 11.8 Å². The summed E-state index contributed by atoms with van der Waals surface area (Å²) >= 11 is 0. The van der Waals surface area contributed by atoms with Crippen LogP contribution >= 0.6 is 0 Å². The Balaban J connectivity index is 2.09. The lowest BCUT2D eigenvalue weighted by molar-refractivity contribution is 0.0587. The lowest BCUT2D eigenvalue weighted by Crippen LogP contribution is -2.34. The van der Waals surface area contributed by atoms with Crippen LogP contribution in [0, 0.1) is 11.8 Å². The van der Waals surface area contributed by atoms with Gasteiger partial charge in [-0.1, -0.05) is 24.0 Å². The van der Waals surface area contributed by atoms with Crippen LogP contribution in [-0.4, -0.2) is 48.8 Å². The Hall–Kier alpha value is -1.83. The minimum Gasteiger partial charge on any atom is -0.395 e. The molecule has 0 radical (unpaired) electrons. The summed E-state index contributed by atoms with van der Waals surface area (Å²) in [7, 11) is 1.79. The number of nitrogens with zero attached hydrogens (tertiary/aromatic N) is 1. The van der Waals surface area contributed by atoms with Gasteiger partial charge in [0, 0.05) is 32.2 Å². The molecule has 4 nitrogen and oxygen atoms in total. The van der Waals surface area contributed by atoms with Gasteiger partial charge in [-0.25, -0.2) is 0 Å². The summed E-state index contributed by atoms with van der Waals surface area (Å²) in [4.78, 5) is 14.2. The summed E-state index contributed by atoms with van der Waals surface area (Å²) in [6.07, 6.45) is 2.63. The van der Waals surface area contributed by atoms with Crippen LogP contribution in [-0.2, 0) is 4.74 Å². The number of hydrogen-bond acceptors (Lipinski definition) is 3. The molecule has 1 heterocycles. The molecule has 1 unspecified atom stereocenters. The lowest BCUT2D eigenvalue weighted by atomic mass is 10.1. The summed E-state index contributed by atoms with van der Waals surface area (Å²) in [6, 6.07) is 7.32. The second kappa shape index (κ2) is 7.82. The molecule has 1 aromatic carbocycles. The van der Waals surface area contributed by atoms with Crippen molar-refractivity contribution >= 4 is 5.91 Å². The second-order valence-electron chi connectivity index (χ2n) is 5.14. The molecule has 1 N–H and O–H groups in total. The van der Waals surface area contributed by atoms with Gasteiger partial charge in [-0.2, -0.15) is 0 Å². The van der Waals surface area contributed by atoms with E-state index in [1.54, 1.807) is 18.0 Å². The van der Waals surface area contributed by atoms with Crippen molar-refractivity contribution in [3.63, 3.8) is 0 Å². The highest BCUT2D eigenvalue weighted by atomic mass is 16.5. The van der Waals surface area contributed by atoms with Gasteiger partial charge in [0.05, 0.1) is 18.3 Å². The minimum absolute atomic E-state index is 0.0298. The fourth-order valence-corrected chi connectivity index (χ4v) is 2.37. The molecule has 112 valence electrons. The Kier molecular flexibility index (Phi) is 5.79. The molecule has 1 amide bonds. The van der Waals surface area contributed by atoms with Crippen LogP contribution in [0.3, 0.4) is 0 Å². The molecule has 1 aliphatic rings. The Morgan fingerprint density at radius 3 is 3.00 bits per heavy atom. The zero-order valence-electron chi connectivity index (χ0n) is 12.3. The van der Waals surface area contributed by atoms with Crippen LogP contribution in [0.4, 0.5) is 0 Å². The number of aliphatic hydroxyl groups excluding tert-OH is 1. The maximum Gasteiger partial charge on any atom is 0.254 e. The molecule has 2 rings (SSSR count). The molecule has 0 saturated carbocycles. The van der Waals surface area contributed by atoms with E-state index in [4.69, 9.17) is 9.84 Å². The first-order chi connectivity index (χ1) is 10.2. The van der Waals surface area contributed by atoms with Gasteiger partial charge in [0.1, 0.15) is 0 Å². The smallest absolute Gasteiger partial charge is 0.254 e. The predicted molar refractivity (Wildman–Crippen MR) is 81.0 cm³/mol. The maximum atomic E-state index is 12.5. The largest absolute Gasteiger partial charge is 0.395 e. The first kappa shape index (κ1) is 15.6. The molecule has 1 saturated heterocycles. The van der Waals surface area contributed by atoms with Gasteiger partial charge in [0.25, 0.3) is 5.91 Å². The number of hydrogen-bond donors (Lipinski definition) is 1. The molecule has 0 bridgehead atoms. The number of carbonyl (C=O) groups excluding carboxylic acids is 1. The maximum absolute atomic E-state index is 12.5. The lowest BCUT2D eigenvalue weighted by Gasteiger charge is -2.21. The number of rotatable bonds is 4. The molecule has 1 fully saturated rings. The molecular formula is C17H21NO3. The van der Waals surface area contributed by atoms with E-state index in [1.807, 2.05) is 18.2 Å². The van der Waals surface area contributed by atoms with E-state index in [0.29, 0.717) is 24.1 Å². The normalized spacial score (nSPS) is 17.1. The van der Waals surface area contributed by atoms with E-state index < -0.39 is 0 Å². The number of aliphatic hydroxyl groups is 1. The average Bonchev–Trinajstić information content (AvgIpc) is 3.00. The van der Waals surface area contributed by atoms with Crippen molar-refractivity contribution in [1.29, 1.82) is 0 Å². The monoisotopic (exact) mass is 287 g/mol. The summed E-state index contributed by atoms with van der Waals surface area (Å²) < 4.78 is 5.57. The van der Waals surface area contributed by atoms with E-state index in [0.717, 1.165) is 19.4 Å². The van der Waals surface area contributed by atoms with Crippen LogP contribution in [0.1, 0.15) is 35.2 Å². The number of carbonyl (C=O) groups is 1. The van der Waals surface area contributed by atoms with Crippen LogP contribution in [0.5, 0.6) is 0 Å². The summed E-state index contributed by atoms with van der Waals surface area (Å²) in [5.74, 6) is 5.78. The Bertz CT molecular complexity index is 538. The van der Waals surface area contributed by atoms with Crippen molar-refractivity contribution in [3.05, 3.63) is 35.4 Å². The highest BCUT2D eigenvalue weighted by Crippen LogP contribution is 2.15. The van der Waals surface area contributed by atoms with Crippen LogP contribution in [0.2, 0.25) is 0 Å². The predicted octanol–water partition coefficient (Wildman–Crippen LogP) is 1.67. The van der Waals surface area contributed by atoms with Gasteiger partial charge < -0.3 is 14.7 Å². The molecular weight excluding hydrogens is 266 g/mol. The van der Waals surface area contributed by atoms with Crippen molar-refractivity contribution in [3.8, 4) is 11.8 Å². The highest BCUT2D eigenvalue weighted by Gasteiger charge is 2.21. The number of likely N-dealkylation sites (N-methyl/N-ethyl adjacent to an activating group) is 1. The van der Waals surface area contributed by atoms with E-state index in [9.17, 15) is 4.79 Å². The summed E-state index contributed by atoms with van der Waals surface area (Å²) in [5.41, 5.74) is 1.30. The summed E-state index contributed by atoms with van der Waals surface area (Å²) in [5, 5.41) is 8.78. The Morgan fingerprint density at radius 1 is 1.48 bits per heavy atom. The van der Waals surface area contributed by atoms with Crippen molar-refractivity contribution in [2.24, 2.45) is 0 Å². The Morgan fingerprint density at radius 2 is 2.29 bits per heavy atom. The van der Waals surface area contributed by atoms with Crippen molar-refractivity contribution in [2.75, 3.05) is 26.8 Å². The van der Waals surface area contributed by atoms with E-state index in [-0.39, 0.29) is 18.6 Å². The minimum atomic E-state index is -0.0422. The number of amides is 1. The zero-order valence-corrected chi connectivity index (χ0v) is 12.3. The third kappa shape index (κ3) is 4.32. The molecule has 0 aliphatic carbocycles. The van der Waals surface area contributed by atoms with Crippen molar-refractivity contribution in [1.82, 2.24) is 4.90 Å². The molecule has 1 atom stereocenters. The third-order valence-electron chi connectivity index (χ3n) is 3.47. The van der Waals surface area contributed by atoms with E-state index >= 15 is 0 Å². The fourth-order valence-electron chi connectivity index (χ4n) is 2.37. The molecule has 1 aromatic rings. The third-order valence-corrected chi connectivity index (χ3v) is 3.47.